The molecule has 116 valence electrons. The van der Waals surface area contributed by atoms with Crippen molar-refractivity contribution in [1.82, 2.24) is 4.37 Å². The molecule has 0 aliphatic heterocycles. The Morgan fingerprint density at radius 2 is 2.09 bits per heavy atom. The normalized spacial score (nSPS) is 10.8. The summed E-state index contributed by atoms with van der Waals surface area (Å²) in [5, 5.41) is 0. The van der Waals surface area contributed by atoms with Crippen molar-refractivity contribution in [3.63, 3.8) is 0 Å². The Hall–Kier alpha value is -2.18. The maximum Gasteiger partial charge on any atom is 0.186 e. The number of ketones is 1. The monoisotopic (exact) mass is 319 g/mol. The van der Waals surface area contributed by atoms with Crippen LogP contribution in [0.2, 0.25) is 0 Å². The van der Waals surface area contributed by atoms with E-state index in [4.69, 9.17) is 14.2 Å². The van der Waals surface area contributed by atoms with Crippen LogP contribution in [0.15, 0.2) is 36.5 Å². The molecule has 1 aromatic heterocycles. The van der Waals surface area contributed by atoms with Gasteiger partial charge in [0.25, 0.3) is 0 Å². The van der Waals surface area contributed by atoms with Crippen molar-refractivity contribution in [3.05, 3.63) is 47.0 Å². The maximum absolute atomic E-state index is 12.2. The van der Waals surface area contributed by atoms with Gasteiger partial charge in [-0.25, -0.2) is 4.37 Å². The Kier molecular flexibility index (Phi) is 6.12. The average Bonchev–Trinajstić information content (AvgIpc) is 3.06. The average molecular weight is 319 g/mol. The maximum atomic E-state index is 12.2. The second-order valence-corrected chi connectivity index (χ2v) is 5.18. The molecule has 1 aromatic carbocycles. The lowest BCUT2D eigenvalue weighted by Crippen LogP contribution is -2.06. The van der Waals surface area contributed by atoms with E-state index in [9.17, 15) is 4.79 Å². The van der Waals surface area contributed by atoms with Gasteiger partial charge in [-0.15, -0.1) is 0 Å². The van der Waals surface area contributed by atoms with Gasteiger partial charge in [0, 0.05) is 23.7 Å². The fourth-order valence-electron chi connectivity index (χ4n) is 1.74. The summed E-state index contributed by atoms with van der Waals surface area (Å²) >= 11 is 1.34. The molecule has 0 fully saturated rings. The van der Waals surface area contributed by atoms with Crippen LogP contribution in [0, 0.1) is 0 Å². The molecular weight excluding hydrogens is 302 g/mol. The molecule has 0 spiro atoms. The fraction of sp³-hybridized carbons (Fsp3) is 0.250. The van der Waals surface area contributed by atoms with Crippen LogP contribution in [0.3, 0.4) is 0 Å². The summed E-state index contributed by atoms with van der Waals surface area (Å²) < 4.78 is 19.7. The Morgan fingerprint density at radius 1 is 1.23 bits per heavy atom. The number of ether oxygens (including phenoxy) is 3. The van der Waals surface area contributed by atoms with Crippen LogP contribution in [0.4, 0.5) is 0 Å². The molecule has 0 aliphatic carbocycles. The van der Waals surface area contributed by atoms with Crippen molar-refractivity contribution >= 4 is 23.4 Å². The van der Waals surface area contributed by atoms with Gasteiger partial charge in [-0.1, -0.05) is 0 Å². The van der Waals surface area contributed by atoms with Gasteiger partial charge in [0.1, 0.15) is 6.61 Å². The Bertz CT molecular complexity index is 638. The van der Waals surface area contributed by atoms with E-state index in [1.165, 1.54) is 17.6 Å². The predicted octanol–water partition coefficient (Wildman–Crippen LogP) is 3.07. The predicted molar refractivity (Wildman–Crippen MR) is 85.8 cm³/mol. The van der Waals surface area contributed by atoms with E-state index in [-0.39, 0.29) is 5.78 Å². The molecule has 6 heteroatoms. The molecule has 2 rings (SSSR count). The molecule has 2 aromatic rings. The second-order valence-electron chi connectivity index (χ2n) is 4.32. The Labute approximate surface area is 133 Å². The minimum Gasteiger partial charge on any atom is -0.493 e. The molecule has 0 saturated heterocycles. The fourth-order valence-corrected chi connectivity index (χ4v) is 2.23. The number of methoxy groups -OCH3 is 2. The van der Waals surface area contributed by atoms with E-state index in [1.807, 2.05) is 6.07 Å². The van der Waals surface area contributed by atoms with Crippen molar-refractivity contribution in [2.75, 3.05) is 27.4 Å². The van der Waals surface area contributed by atoms with E-state index in [0.717, 1.165) is 4.88 Å². The van der Waals surface area contributed by atoms with Gasteiger partial charge in [0.15, 0.2) is 17.3 Å². The molecule has 0 N–H and O–H groups in total. The lowest BCUT2D eigenvalue weighted by Gasteiger charge is -2.11. The van der Waals surface area contributed by atoms with Crippen LogP contribution >= 0.6 is 11.5 Å². The van der Waals surface area contributed by atoms with Crippen LogP contribution in [0.25, 0.3) is 6.08 Å². The smallest absolute Gasteiger partial charge is 0.186 e. The lowest BCUT2D eigenvalue weighted by molar-refractivity contribution is 0.104. The highest BCUT2D eigenvalue weighted by Gasteiger charge is 2.09. The minimum absolute atomic E-state index is 0.102. The molecule has 0 radical (unpaired) electrons. The van der Waals surface area contributed by atoms with Gasteiger partial charge in [-0.2, -0.15) is 0 Å². The van der Waals surface area contributed by atoms with Crippen molar-refractivity contribution < 1.29 is 19.0 Å². The number of rotatable bonds is 8. The summed E-state index contributed by atoms with van der Waals surface area (Å²) in [6.45, 7) is 0.910. The Morgan fingerprint density at radius 3 is 2.77 bits per heavy atom. The van der Waals surface area contributed by atoms with Crippen molar-refractivity contribution in [3.8, 4) is 11.5 Å². The first-order valence-electron chi connectivity index (χ1n) is 6.67. The third-order valence-corrected chi connectivity index (χ3v) is 3.56. The van der Waals surface area contributed by atoms with Gasteiger partial charge in [0.2, 0.25) is 0 Å². The molecular formula is C16H17NO4S. The van der Waals surface area contributed by atoms with Gasteiger partial charge >= 0.3 is 0 Å². The summed E-state index contributed by atoms with van der Waals surface area (Å²) in [4.78, 5) is 13.1. The van der Waals surface area contributed by atoms with Gasteiger partial charge < -0.3 is 14.2 Å². The van der Waals surface area contributed by atoms with Crippen LogP contribution < -0.4 is 9.47 Å². The summed E-state index contributed by atoms with van der Waals surface area (Å²) in [5.41, 5.74) is 0.539. The zero-order chi connectivity index (χ0) is 15.8. The highest BCUT2D eigenvalue weighted by atomic mass is 32.1. The largest absolute Gasteiger partial charge is 0.493 e. The zero-order valence-corrected chi connectivity index (χ0v) is 13.3. The van der Waals surface area contributed by atoms with Crippen LogP contribution in [0.1, 0.15) is 15.2 Å². The zero-order valence-electron chi connectivity index (χ0n) is 12.4. The molecule has 0 atom stereocenters. The molecule has 5 nitrogen and oxygen atoms in total. The minimum atomic E-state index is -0.102. The summed E-state index contributed by atoms with van der Waals surface area (Å²) in [6.07, 6.45) is 4.97. The van der Waals surface area contributed by atoms with Gasteiger partial charge in [-0.3, -0.25) is 4.79 Å². The molecule has 1 heterocycles. The second kappa shape index (κ2) is 8.31. The number of carbonyl (C=O) groups is 1. The quantitative estimate of drug-likeness (QED) is 0.425. The third kappa shape index (κ3) is 4.41. The standard InChI is InChI=1S/C16H17NO4S/c1-19-9-10-21-15-6-3-12(11-16(15)20-2)14(18)5-4-13-7-8-17-22-13/h3-8,11H,9-10H2,1-2H3/b5-4+. The SMILES string of the molecule is COCCOc1ccc(C(=O)/C=C/c2ccns2)cc1OC. The number of hydrogen-bond donors (Lipinski definition) is 0. The van der Waals surface area contributed by atoms with E-state index in [1.54, 1.807) is 44.7 Å². The third-order valence-electron chi connectivity index (χ3n) is 2.85. The number of hydrogen-bond acceptors (Lipinski definition) is 6. The summed E-state index contributed by atoms with van der Waals surface area (Å²) in [7, 11) is 3.15. The molecule has 0 aliphatic rings. The topological polar surface area (TPSA) is 57.7 Å². The van der Waals surface area contributed by atoms with Crippen molar-refractivity contribution in [2.45, 2.75) is 0 Å². The number of benzene rings is 1. The van der Waals surface area contributed by atoms with E-state index >= 15 is 0 Å². The molecule has 0 unspecified atom stereocenters. The number of carbonyl (C=O) groups excluding carboxylic acids is 1. The van der Waals surface area contributed by atoms with Crippen LogP contribution in [-0.4, -0.2) is 37.6 Å². The van der Waals surface area contributed by atoms with E-state index < -0.39 is 0 Å². The van der Waals surface area contributed by atoms with Crippen molar-refractivity contribution in [1.29, 1.82) is 0 Å². The highest BCUT2D eigenvalue weighted by Crippen LogP contribution is 2.28. The molecule has 0 saturated carbocycles. The van der Waals surface area contributed by atoms with Crippen molar-refractivity contribution in [2.24, 2.45) is 0 Å². The molecule has 22 heavy (non-hydrogen) atoms. The summed E-state index contributed by atoms with van der Waals surface area (Å²) in [6, 6.07) is 6.95. The molecule has 0 bridgehead atoms. The number of nitrogens with zero attached hydrogens (tertiary/aromatic N) is 1. The first-order valence-corrected chi connectivity index (χ1v) is 7.45. The van der Waals surface area contributed by atoms with Gasteiger partial charge in [0.05, 0.1) is 13.7 Å². The van der Waals surface area contributed by atoms with Crippen LogP contribution in [0.5, 0.6) is 11.5 Å². The number of aromatic nitrogens is 1. The van der Waals surface area contributed by atoms with E-state index in [0.29, 0.717) is 30.3 Å². The molecule has 0 amide bonds. The summed E-state index contributed by atoms with van der Waals surface area (Å²) in [5.74, 6) is 1.01. The van der Waals surface area contributed by atoms with Crippen LogP contribution in [-0.2, 0) is 4.74 Å². The Balaban J connectivity index is 2.09. The first kappa shape index (κ1) is 16.2. The van der Waals surface area contributed by atoms with E-state index in [2.05, 4.69) is 4.37 Å². The number of allylic oxidation sites excluding steroid dienone is 1. The lowest BCUT2D eigenvalue weighted by atomic mass is 10.1. The van der Waals surface area contributed by atoms with Gasteiger partial charge in [-0.05, 0) is 47.9 Å². The highest BCUT2D eigenvalue weighted by molar-refractivity contribution is 7.06. The first-order chi connectivity index (χ1) is 10.7.